The Balaban J connectivity index is 2.64. The summed E-state index contributed by atoms with van der Waals surface area (Å²) in [7, 11) is 1.85. The second-order valence-corrected chi connectivity index (χ2v) is 5.16. The van der Waals surface area contributed by atoms with Crippen LogP contribution in [0.4, 0.5) is 0 Å². The highest BCUT2D eigenvalue weighted by atomic mass is 16.1. The molecule has 4 heteroatoms. The summed E-state index contributed by atoms with van der Waals surface area (Å²) in [6, 6.07) is 11.9. The van der Waals surface area contributed by atoms with Gasteiger partial charge in [-0.3, -0.25) is 4.79 Å². The lowest BCUT2D eigenvalue weighted by Crippen LogP contribution is -2.29. The lowest BCUT2D eigenvalue weighted by molar-refractivity contribution is -0.117. The van der Waals surface area contributed by atoms with E-state index in [9.17, 15) is 4.79 Å². The highest BCUT2D eigenvalue weighted by Crippen LogP contribution is 2.05. The predicted octanol–water partition coefficient (Wildman–Crippen LogP) is 2.30. The maximum Gasteiger partial charge on any atom is 0.263 e. The molecule has 20 heavy (non-hydrogen) atoms. The first-order valence-corrected chi connectivity index (χ1v) is 6.67. The van der Waals surface area contributed by atoms with Crippen LogP contribution in [-0.4, -0.2) is 24.4 Å². The Hall–Kier alpha value is -2.28. The van der Waals surface area contributed by atoms with Gasteiger partial charge >= 0.3 is 0 Å². The van der Waals surface area contributed by atoms with Crippen LogP contribution >= 0.6 is 0 Å². The number of benzene rings is 1. The van der Waals surface area contributed by atoms with Crippen LogP contribution in [0.2, 0.25) is 0 Å². The number of nitriles is 1. The van der Waals surface area contributed by atoms with Crippen molar-refractivity contribution in [3.05, 3.63) is 47.7 Å². The molecule has 0 bridgehead atoms. The van der Waals surface area contributed by atoms with Crippen molar-refractivity contribution in [2.75, 3.05) is 13.6 Å². The predicted molar refractivity (Wildman–Crippen MR) is 79.5 cm³/mol. The minimum atomic E-state index is -0.318. The van der Waals surface area contributed by atoms with Crippen molar-refractivity contribution in [2.24, 2.45) is 5.92 Å². The van der Waals surface area contributed by atoms with Crippen LogP contribution in [0.1, 0.15) is 19.4 Å². The Labute approximate surface area is 120 Å². The summed E-state index contributed by atoms with van der Waals surface area (Å²) in [6.45, 7) is 5.25. The fraction of sp³-hybridized carbons (Fsp3) is 0.375. The Morgan fingerprint density at radius 1 is 1.40 bits per heavy atom. The monoisotopic (exact) mass is 271 g/mol. The summed E-state index contributed by atoms with van der Waals surface area (Å²) in [5.41, 5.74) is 1.26. The summed E-state index contributed by atoms with van der Waals surface area (Å²) in [6.07, 6.45) is 1.59. The first-order chi connectivity index (χ1) is 9.52. The van der Waals surface area contributed by atoms with Gasteiger partial charge in [-0.25, -0.2) is 0 Å². The first-order valence-electron chi connectivity index (χ1n) is 6.67. The van der Waals surface area contributed by atoms with Gasteiger partial charge in [0.05, 0.1) is 0 Å². The molecule has 0 aromatic heterocycles. The number of hydrogen-bond acceptors (Lipinski definition) is 3. The molecule has 1 rings (SSSR count). The molecule has 0 aliphatic heterocycles. The number of hydrogen-bond donors (Lipinski definition) is 1. The average Bonchev–Trinajstić information content (AvgIpc) is 2.43. The van der Waals surface area contributed by atoms with Crippen molar-refractivity contribution in [3.8, 4) is 6.07 Å². The van der Waals surface area contributed by atoms with Crippen molar-refractivity contribution >= 4 is 5.91 Å². The molecule has 1 aromatic rings. The lowest BCUT2D eigenvalue weighted by Gasteiger charge is -2.15. The normalized spacial score (nSPS) is 11.1. The smallest absolute Gasteiger partial charge is 0.263 e. The summed E-state index contributed by atoms with van der Waals surface area (Å²) >= 11 is 0. The fourth-order valence-electron chi connectivity index (χ4n) is 1.67. The number of nitrogens with zero attached hydrogens (tertiary/aromatic N) is 2. The van der Waals surface area contributed by atoms with E-state index in [1.807, 2.05) is 62.2 Å². The summed E-state index contributed by atoms with van der Waals surface area (Å²) in [4.78, 5) is 13.7. The number of carbonyl (C=O) groups excluding carboxylic acids is 1. The molecule has 0 radical (unpaired) electrons. The van der Waals surface area contributed by atoms with Crippen LogP contribution < -0.4 is 5.32 Å². The molecular formula is C16H21N3O. The summed E-state index contributed by atoms with van der Waals surface area (Å²) < 4.78 is 0. The molecule has 1 amide bonds. The molecule has 1 N–H and O–H groups in total. The third-order valence-corrected chi connectivity index (χ3v) is 2.66. The van der Waals surface area contributed by atoms with Gasteiger partial charge in [0, 0.05) is 26.3 Å². The van der Waals surface area contributed by atoms with Crippen molar-refractivity contribution in [1.29, 1.82) is 5.26 Å². The Bertz CT molecular complexity index is 500. The van der Waals surface area contributed by atoms with E-state index in [-0.39, 0.29) is 11.5 Å². The number of amides is 1. The highest BCUT2D eigenvalue weighted by Gasteiger charge is 2.10. The van der Waals surface area contributed by atoms with Crippen LogP contribution in [0.3, 0.4) is 0 Å². The first kappa shape index (κ1) is 15.8. The van der Waals surface area contributed by atoms with Gasteiger partial charge in [0.1, 0.15) is 11.6 Å². The largest absolute Gasteiger partial charge is 0.375 e. The van der Waals surface area contributed by atoms with Gasteiger partial charge in [-0.1, -0.05) is 44.2 Å². The van der Waals surface area contributed by atoms with Crippen LogP contribution in [0, 0.1) is 17.2 Å². The average molecular weight is 271 g/mol. The molecule has 0 aliphatic carbocycles. The third kappa shape index (κ3) is 5.57. The van der Waals surface area contributed by atoms with Crippen molar-refractivity contribution in [2.45, 2.75) is 20.4 Å². The minimum absolute atomic E-state index is 0.129. The van der Waals surface area contributed by atoms with E-state index in [1.54, 1.807) is 6.20 Å². The zero-order chi connectivity index (χ0) is 15.0. The third-order valence-electron chi connectivity index (χ3n) is 2.66. The van der Waals surface area contributed by atoms with E-state index in [0.29, 0.717) is 19.0 Å². The molecule has 0 atom stereocenters. The van der Waals surface area contributed by atoms with Crippen LogP contribution in [0.25, 0.3) is 0 Å². The zero-order valence-corrected chi connectivity index (χ0v) is 12.3. The molecule has 0 saturated heterocycles. The second-order valence-electron chi connectivity index (χ2n) is 5.16. The molecule has 4 nitrogen and oxygen atoms in total. The van der Waals surface area contributed by atoms with Gasteiger partial charge in [-0.05, 0) is 11.5 Å². The summed E-state index contributed by atoms with van der Waals surface area (Å²) in [5.74, 6) is 0.0436. The molecule has 0 heterocycles. The molecule has 0 spiro atoms. The molecule has 0 aliphatic rings. The van der Waals surface area contributed by atoms with Gasteiger partial charge < -0.3 is 10.2 Å². The molecule has 0 fully saturated rings. The van der Waals surface area contributed by atoms with E-state index < -0.39 is 0 Å². The van der Waals surface area contributed by atoms with Gasteiger partial charge in [0.25, 0.3) is 5.91 Å². The van der Waals surface area contributed by atoms with E-state index in [4.69, 9.17) is 5.26 Å². The standard InChI is InChI=1S/C16H21N3O/c1-13(2)10-18-16(20)15(9-17)12-19(3)11-14-7-5-4-6-8-14/h4-8,12-13H,10-11H2,1-3H3,(H,18,20)/b15-12-. The molecule has 0 unspecified atom stereocenters. The number of nitrogens with one attached hydrogen (secondary N) is 1. The quantitative estimate of drug-likeness (QED) is 0.638. The summed E-state index contributed by atoms with van der Waals surface area (Å²) in [5, 5.41) is 11.8. The Kier molecular flexibility index (Phi) is 6.31. The van der Waals surface area contributed by atoms with E-state index in [0.717, 1.165) is 5.56 Å². The Morgan fingerprint density at radius 2 is 2.05 bits per heavy atom. The van der Waals surface area contributed by atoms with Gasteiger partial charge in [0.15, 0.2) is 0 Å². The van der Waals surface area contributed by atoms with Gasteiger partial charge in [0.2, 0.25) is 0 Å². The number of rotatable bonds is 6. The fourth-order valence-corrected chi connectivity index (χ4v) is 1.67. The van der Waals surface area contributed by atoms with Crippen molar-refractivity contribution in [3.63, 3.8) is 0 Å². The van der Waals surface area contributed by atoms with E-state index in [1.165, 1.54) is 0 Å². The SMILES string of the molecule is CC(C)CNC(=O)/C(C#N)=C\N(C)Cc1ccccc1. The number of carbonyl (C=O) groups is 1. The lowest BCUT2D eigenvalue weighted by atomic mass is 10.2. The zero-order valence-electron chi connectivity index (χ0n) is 12.3. The maximum atomic E-state index is 11.8. The van der Waals surface area contributed by atoms with Crippen LogP contribution in [-0.2, 0) is 11.3 Å². The van der Waals surface area contributed by atoms with Crippen molar-refractivity contribution < 1.29 is 4.79 Å². The molecular weight excluding hydrogens is 250 g/mol. The highest BCUT2D eigenvalue weighted by molar-refractivity contribution is 5.97. The van der Waals surface area contributed by atoms with E-state index in [2.05, 4.69) is 5.32 Å². The van der Waals surface area contributed by atoms with Gasteiger partial charge in [-0.2, -0.15) is 5.26 Å². The van der Waals surface area contributed by atoms with Crippen LogP contribution in [0.5, 0.6) is 0 Å². The maximum absolute atomic E-state index is 11.8. The van der Waals surface area contributed by atoms with Gasteiger partial charge in [-0.15, -0.1) is 0 Å². The molecule has 106 valence electrons. The van der Waals surface area contributed by atoms with E-state index >= 15 is 0 Å². The Morgan fingerprint density at radius 3 is 2.60 bits per heavy atom. The second kappa shape index (κ2) is 8.00. The molecule has 1 aromatic carbocycles. The van der Waals surface area contributed by atoms with Crippen molar-refractivity contribution in [1.82, 2.24) is 10.2 Å². The van der Waals surface area contributed by atoms with Crippen LogP contribution in [0.15, 0.2) is 42.1 Å². The topological polar surface area (TPSA) is 56.1 Å². The molecule has 0 saturated carbocycles. The minimum Gasteiger partial charge on any atom is -0.375 e.